The number of ether oxygens (including phenoxy) is 1. The van der Waals surface area contributed by atoms with Crippen LogP contribution in [0.4, 0.5) is 0 Å². The van der Waals surface area contributed by atoms with E-state index in [9.17, 15) is 9.59 Å². The zero-order chi connectivity index (χ0) is 20.5. The fourth-order valence-electron chi connectivity index (χ4n) is 3.10. The van der Waals surface area contributed by atoms with E-state index in [1.165, 1.54) is 27.9 Å². The Kier molecular flexibility index (Phi) is 5.16. The van der Waals surface area contributed by atoms with E-state index in [-0.39, 0.29) is 12.2 Å². The third kappa shape index (κ3) is 3.79. The van der Waals surface area contributed by atoms with E-state index in [4.69, 9.17) is 4.74 Å². The van der Waals surface area contributed by atoms with E-state index in [2.05, 4.69) is 9.97 Å². The van der Waals surface area contributed by atoms with E-state index in [0.29, 0.717) is 10.7 Å². The fourth-order valence-corrected chi connectivity index (χ4v) is 4.75. The molecule has 0 spiro atoms. The van der Waals surface area contributed by atoms with E-state index in [1.807, 2.05) is 42.2 Å². The molecule has 0 aromatic carbocycles. The maximum absolute atomic E-state index is 12.2. The van der Waals surface area contributed by atoms with E-state index in [0.717, 1.165) is 27.8 Å². The van der Waals surface area contributed by atoms with Crippen molar-refractivity contribution in [3.63, 3.8) is 0 Å². The average Bonchev–Trinajstić information content (AvgIpc) is 3.39. The van der Waals surface area contributed by atoms with Crippen LogP contribution in [-0.2, 0) is 16.1 Å². The average molecular weight is 427 g/mol. The predicted octanol–water partition coefficient (Wildman–Crippen LogP) is 3.69. The van der Waals surface area contributed by atoms with Crippen molar-refractivity contribution in [2.24, 2.45) is 0 Å². The smallest absolute Gasteiger partial charge is 0.331 e. The van der Waals surface area contributed by atoms with Crippen LogP contribution in [0.5, 0.6) is 0 Å². The highest BCUT2D eigenvalue weighted by atomic mass is 32.1. The Hall–Kier alpha value is -3.04. The summed E-state index contributed by atoms with van der Waals surface area (Å²) in [5, 5.41) is 4.68. The molecule has 4 aromatic rings. The van der Waals surface area contributed by atoms with Crippen LogP contribution in [0.25, 0.3) is 16.2 Å². The van der Waals surface area contributed by atoms with Gasteiger partial charge in [0.2, 0.25) is 0 Å². The van der Waals surface area contributed by atoms with Gasteiger partial charge in [0.25, 0.3) is 5.56 Å². The minimum absolute atomic E-state index is 0.0516. The summed E-state index contributed by atoms with van der Waals surface area (Å²) in [5.41, 5.74) is 4.04. The molecule has 0 aliphatic carbocycles. The standard InChI is InChI=1S/C20H18N4O3S2/c1-12-8-15(14(3)23(12)19-21-6-7-28-19)4-5-18(26)27-10-16-9-17(25)24-13(2)11-29-20(24)22-16/h4-9,11H,10H2,1-3H3/b5-4+. The van der Waals surface area contributed by atoms with Crippen LogP contribution in [0.1, 0.15) is 28.3 Å². The summed E-state index contributed by atoms with van der Waals surface area (Å²) in [6.45, 7) is 5.78. The topological polar surface area (TPSA) is 78.5 Å². The Morgan fingerprint density at radius 2 is 2.03 bits per heavy atom. The highest BCUT2D eigenvalue weighted by molar-refractivity contribution is 7.15. The van der Waals surface area contributed by atoms with Gasteiger partial charge in [-0.1, -0.05) is 0 Å². The van der Waals surface area contributed by atoms with Crippen LogP contribution in [0.15, 0.2) is 40.0 Å². The second-order valence-electron chi connectivity index (χ2n) is 6.50. The second kappa shape index (κ2) is 7.76. The highest BCUT2D eigenvalue weighted by Gasteiger charge is 2.11. The minimum atomic E-state index is -0.492. The number of esters is 1. The molecule has 0 unspecified atom stereocenters. The van der Waals surface area contributed by atoms with Crippen molar-refractivity contribution >= 4 is 39.7 Å². The Labute approximate surface area is 174 Å². The molecule has 0 bridgehead atoms. The molecule has 0 saturated carbocycles. The van der Waals surface area contributed by atoms with Crippen molar-refractivity contribution in [1.82, 2.24) is 18.9 Å². The lowest BCUT2D eigenvalue weighted by Gasteiger charge is -2.04. The van der Waals surface area contributed by atoms with Gasteiger partial charge in [-0.2, -0.15) is 0 Å². The van der Waals surface area contributed by atoms with Gasteiger partial charge in [-0.15, -0.1) is 22.7 Å². The molecule has 4 rings (SSSR count). The summed E-state index contributed by atoms with van der Waals surface area (Å²) in [6, 6.07) is 3.39. The van der Waals surface area contributed by atoms with Crippen LogP contribution in [0.3, 0.4) is 0 Å². The normalized spacial score (nSPS) is 11.6. The van der Waals surface area contributed by atoms with Gasteiger partial charge >= 0.3 is 5.97 Å². The Bertz CT molecular complexity index is 1280. The number of nitrogens with zero attached hydrogens (tertiary/aromatic N) is 4. The van der Waals surface area contributed by atoms with Gasteiger partial charge in [-0.3, -0.25) is 13.8 Å². The fraction of sp³-hybridized carbons (Fsp3) is 0.200. The lowest BCUT2D eigenvalue weighted by atomic mass is 10.2. The zero-order valence-electron chi connectivity index (χ0n) is 16.1. The molecule has 4 aromatic heterocycles. The predicted molar refractivity (Wildman–Crippen MR) is 114 cm³/mol. The summed E-state index contributed by atoms with van der Waals surface area (Å²) in [6.07, 6.45) is 4.87. The molecular formula is C20H18N4O3S2. The van der Waals surface area contributed by atoms with Gasteiger partial charge in [-0.05, 0) is 38.5 Å². The molecular weight excluding hydrogens is 408 g/mol. The van der Waals surface area contributed by atoms with E-state index >= 15 is 0 Å². The quantitative estimate of drug-likeness (QED) is 0.359. The number of fused-ring (bicyclic) bond motifs is 1. The van der Waals surface area contributed by atoms with Crippen molar-refractivity contribution < 1.29 is 9.53 Å². The lowest BCUT2D eigenvalue weighted by Crippen LogP contribution is -2.16. The minimum Gasteiger partial charge on any atom is -0.456 e. The second-order valence-corrected chi connectivity index (χ2v) is 8.21. The molecule has 9 heteroatoms. The van der Waals surface area contributed by atoms with Gasteiger partial charge in [0.1, 0.15) is 6.61 Å². The Morgan fingerprint density at radius 3 is 2.79 bits per heavy atom. The molecule has 148 valence electrons. The van der Waals surface area contributed by atoms with Crippen molar-refractivity contribution in [2.75, 3.05) is 0 Å². The lowest BCUT2D eigenvalue weighted by molar-refractivity contribution is -0.139. The molecule has 0 aliphatic heterocycles. The SMILES string of the molecule is Cc1cc(/C=C/C(=O)OCc2cc(=O)n3c(C)csc3n2)c(C)n1-c1nccs1. The van der Waals surface area contributed by atoms with E-state index in [1.54, 1.807) is 23.6 Å². The number of rotatable bonds is 5. The van der Waals surface area contributed by atoms with Crippen molar-refractivity contribution in [2.45, 2.75) is 27.4 Å². The number of aryl methyl sites for hydroxylation is 2. The molecule has 29 heavy (non-hydrogen) atoms. The summed E-state index contributed by atoms with van der Waals surface area (Å²) in [5.74, 6) is -0.492. The Morgan fingerprint density at radius 1 is 1.21 bits per heavy atom. The molecule has 7 nitrogen and oxygen atoms in total. The van der Waals surface area contributed by atoms with Gasteiger partial charge in [-0.25, -0.2) is 14.8 Å². The first-order valence-electron chi connectivity index (χ1n) is 8.84. The van der Waals surface area contributed by atoms with Crippen LogP contribution in [-0.4, -0.2) is 24.9 Å². The molecule has 0 N–H and O–H groups in total. The molecule has 4 heterocycles. The van der Waals surface area contributed by atoms with Crippen LogP contribution < -0.4 is 5.56 Å². The molecule has 0 atom stereocenters. The third-order valence-electron chi connectivity index (χ3n) is 4.47. The largest absolute Gasteiger partial charge is 0.456 e. The molecule has 0 fully saturated rings. The molecule has 0 amide bonds. The summed E-state index contributed by atoms with van der Waals surface area (Å²) < 4.78 is 8.84. The maximum Gasteiger partial charge on any atom is 0.331 e. The Balaban J connectivity index is 1.46. The number of hydrogen-bond donors (Lipinski definition) is 0. The van der Waals surface area contributed by atoms with Crippen LogP contribution in [0.2, 0.25) is 0 Å². The summed E-state index contributed by atoms with van der Waals surface area (Å²) in [7, 11) is 0. The van der Waals surface area contributed by atoms with Crippen molar-refractivity contribution in [3.8, 4) is 5.13 Å². The highest BCUT2D eigenvalue weighted by Crippen LogP contribution is 2.23. The van der Waals surface area contributed by atoms with Crippen LogP contribution >= 0.6 is 22.7 Å². The number of carbonyl (C=O) groups excluding carboxylic acids is 1. The van der Waals surface area contributed by atoms with Gasteiger partial charge in [0, 0.05) is 46.2 Å². The zero-order valence-corrected chi connectivity index (χ0v) is 17.7. The number of hydrogen-bond acceptors (Lipinski definition) is 7. The maximum atomic E-state index is 12.2. The third-order valence-corrected chi connectivity index (χ3v) is 6.17. The monoisotopic (exact) mass is 426 g/mol. The van der Waals surface area contributed by atoms with Gasteiger partial charge in [0.15, 0.2) is 10.1 Å². The first-order valence-corrected chi connectivity index (χ1v) is 10.6. The summed E-state index contributed by atoms with van der Waals surface area (Å²) in [4.78, 5) is 33.6. The van der Waals surface area contributed by atoms with E-state index < -0.39 is 5.97 Å². The van der Waals surface area contributed by atoms with Gasteiger partial charge in [0.05, 0.1) is 5.69 Å². The molecule has 0 radical (unpaired) electrons. The number of carbonyl (C=O) groups is 1. The van der Waals surface area contributed by atoms with Crippen LogP contribution in [0, 0.1) is 20.8 Å². The molecule has 0 saturated heterocycles. The summed E-state index contributed by atoms with van der Waals surface area (Å²) >= 11 is 2.93. The number of thiazole rings is 2. The van der Waals surface area contributed by atoms with Crippen molar-refractivity contribution in [3.05, 3.63) is 73.9 Å². The van der Waals surface area contributed by atoms with Gasteiger partial charge < -0.3 is 4.74 Å². The molecule has 0 aliphatic rings. The number of aromatic nitrogens is 4. The first kappa shape index (κ1) is 19.3. The van der Waals surface area contributed by atoms with Crippen molar-refractivity contribution in [1.29, 1.82) is 0 Å². The first-order chi connectivity index (χ1) is 13.9.